The van der Waals surface area contributed by atoms with Crippen molar-refractivity contribution < 1.29 is 39.5 Å². The second-order valence-electron chi connectivity index (χ2n) is 6.19. The van der Waals surface area contributed by atoms with Crippen molar-refractivity contribution in [1.29, 1.82) is 0 Å². The Morgan fingerprint density at radius 1 is 0.636 bits per heavy atom. The largest absolute Gasteiger partial charge is 0.404 e. The van der Waals surface area contributed by atoms with Gasteiger partial charge in [0.2, 0.25) is 0 Å². The van der Waals surface area contributed by atoms with Crippen LogP contribution < -0.4 is 0 Å². The summed E-state index contributed by atoms with van der Waals surface area (Å²) >= 11 is 0. The highest BCUT2D eigenvalue weighted by molar-refractivity contribution is 5.09. The Bertz CT molecular complexity index is 389. The van der Waals surface area contributed by atoms with Crippen LogP contribution in [0.2, 0.25) is 0 Å². The number of alkyl halides is 9. The Morgan fingerprint density at radius 2 is 1.14 bits per heavy atom. The summed E-state index contributed by atoms with van der Waals surface area (Å²) in [4.78, 5) is 0. The molecular formula is C13H15F9. The first-order valence-electron chi connectivity index (χ1n) is 7.03. The van der Waals surface area contributed by atoms with E-state index in [1.807, 2.05) is 0 Å². The van der Waals surface area contributed by atoms with E-state index in [9.17, 15) is 39.5 Å². The molecule has 0 N–H and O–H groups in total. The molecule has 0 saturated heterocycles. The Hall–Kier alpha value is -0.630. The Labute approximate surface area is 121 Å². The maximum absolute atomic E-state index is 13.4. The fraction of sp³-hybridized carbons (Fsp3) is 1.00. The first kappa shape index (κ1) is 17.7. The minimum absolute atomic E-state index is 0.0969. The maximum Gasteiger partial charge on any atom is 0.404 e. The highest BCUT2D eigenvalue weighted by Crippen LogP contribution is 2.69. The lowest BCUT2D eigenvalue weighted by Gasteiger charge is -2.55. The van der Waals surface area contributed by atoms with Crippen molar-refractivity contribution in [1.82, 2.24) is 0 Å². The molecule has 2 rings (SSSR count). The van der Waals surface area contributed by atoms with Crippen molar-refractivity contribution >= 4 is 0 Å². The predicted molar refractivity (Wildman–Crippen MR) is 58.8 cm³/mol. The Balaban J connectivity index is 2.66. The SMILES string of the molecule is FC(F)(F)C1CCC2CCCCC2C1(C(F)(F)F)C(F)(F)F. The van der Waals surface area contributed by atoms with Gasteiger partial charge in [-0.15, -0.1) is 0 Å². The van der Waals surface area contributed by atoms with Crippen molar-refractivity contribution in [3.05, 3.63) is 0 Å². The molecule has 0 heterocycles. The van der Waals surface area contributed by atoms with Crippen LogP contribution in [-0.4, -0.2) is 18.5 Å². The molecule has 9 heteroatoms. The van der Waals surface area contributed by atoms with Crippen LogP contribution in [0.3, 0.4) is 0 Å². The molecule has 0 amide bonds. The Morgan fingerprint density at radius 3 is 1.59 bits per heavy atom. The molecule has 0 aromatic rings. The van der Waals surface area contributed by atoms with Crippen LogP contribution in [0.1, 0.15) is 38.5 Å². The normalized spacial score (nSPS) is 33.4. The number of halogens is 9. The summed E-state index contributed by atoms with van der Waals surface area (Å²) in [6.07, 6.45) is -18.6. The lowest BCUT2D eigenvalue weighted by atomic mass is 9.52. The smallest absolute Gasteiger partial charge is 0.171 e. The average Bonchev–Trinajstić information content (AvgIpc) is 2.33. The molecule has 2 fully saturated rings. The summed E-state index contributed by atoms with van der Waals surface area (Å²) in [6, 6.07) is 0. The highest BCUT2D eigenvalue weighted by Gasteiger charge is 2.82. The van der Waals surface area contributed by atoms with Gasteiger partial charge in [-0.25, -0.2) is 0 Å². The fourth-order valence-corrected chi connectivity index (χ4v) is 4.42. The number of hydrogen-bond acceptors (Lipinski definition) is 0. The summed E-state index contributed by atoms with van der Waals surface area (Å²) in [7, 11) is 0. The van der Waals surface area contributed by atoms with Crippen molar-refractivity contribution in [2.75, 3.05) is 0 Å². The van der Waals surface area contributed by atoms with E-state index in [0.29, 0.717) is 6.42 Å². The first-order chi connectivity index (χ1) is 9.83. The lowest BCUT2D eigenvalue weighted by molar-refractivity contribution is -0.419. The van der Waals surface area contributed by atoms with Gasteiger partial charge in [0, 0.05) is 0 Å². The van der Waals surface area contributed by atoms with E-state index in [0.717, 1.165) is 0 Å². The van der Waals surface area contributed by atoms with Gasteiger partial charge in [0.25, 0.3) is 0 Å². The van der Waals surface area contributed by atoms with Crippen LogP contribution in [0.5, 0.6) is 0 Å². The molecule has 0 nitrogen and oxygen atoms in total. The van der Waals surface area contributed by atoms with Gasteiger partial charge in [-0.1, -0.05) is 19.3 Å². The number of hydrogen-bond donors (Lipinski definition) is 0. The third-order valence-corrected chi connectivity index (χ3v) is 5.20. The monoisotopic (exact) mass is 342 g/mol. The standard InChI is InChI=1S/C13H15F9/c14-11(15,16)9-6-5-7-3-1-2-4-8(7)10(9,12(17,18)19)13(20,21)22/h7-9H,1-6H2. The van der Waals surface area contributed by atoms with Gasteiger partial charge in [-0.3, -0.25) is 0 Å². The summed E-state index contributed by atoms with van der Waals surface area (Å²) < 4.78 is 120. The van der Waals surface area contributed by atoms with Gasteiger partial charge in [0.05, 0.1) is 5.92 Å². The zero-order valence-electron chi connectivity index (χ0n) is 11.4. The number of fused-ring (bicyclic) bond motifs is 1. The zero-order chi connectivity index (χ0) is 17.0. The van der Waals surface area contributed by atoms with Gasteiger partial charge < -0.3 is 0 Å². The average molecular weight is 342 g/mol. The summed E-state index contributed by atoms with van der Waals surface area (Å²) in [5.74, 6) is -6.41. The molecule has 2 saturated carbocycles. The second kappa shape index (κ2) is 5.19. The molecule has 0 aliphatic heterocycles. The molecule has 0 bridgehead atoms. The van der Waals surface area contributed by atoms with Crippen molar-refractivity contribution in [2.24, 2.45) is 23.2 Å². The van der Waals surface area contributed by atoms with E-state index in [-0.39, 0.29) is 19.3 Å². The van der Waals surface area contributed by atoms with Gasteiger partial charge >= 0.3 is 18.5 Å². The van der Waals surface area contributed by atoms with Crippen LogP contribution in [0.15, 0.2) is 0 Å². The van der Waals surface area contributed by atoms with Crippen LogP contribution >= 0.6 is 0 Å². The second-order valence-corrected chi connectivity index (χ2v) is 6.19. The van der Waals surface area contributed by atoms with E-state index < -0.39 is 54.5 Å². The van der Waals surface area contributed by atoms with E-state index in [4.69, 9.17) is 0 Å². The van der Waals surface area contributed by atoms with E-state index in [2.05, 4.69) is 0 Å². The van der Waals surface area contributed by atoms with Gasteiger partial charge in [-0.2, -0.15) is 39.5 Å². The Kier molecular flexibility index (Phi) is 4.18. The summed E-state index contributed by atoms with van der Waals surface area (Å²) in [5, 5.41) is 0. The highest BCUT2D eigenvalue weighted by atomic mass is 19.4. The molecule has 3 unspecified atom stereocenters. The van der Waals surface area contributed by atoms with Gasteiger partial charge in [-0.05, 0) is 31.1 Å². The minimum Gasteiger partial charge on any atom is -0.171 e. The molecule has 2 aliphatic carbocycles. The molecule has 2 aliphatic rings. The fourth-order valence-electron chi connectivity index (χ4n) is 4.42. The van der Waals surface area contributed by atoms with Gasteiger partial charge in [0.1, 0.15) is 0 Å². The van der Waals surface area contributed by atoms with Crippen LogP contribution in [0.4, 0.5) is 39.5 Å². The molecular weight excluding hydrogens is 327 g/mol. The first-order valence-corrected chi connectivity index (χ1v) is 7.03. The van der Waals surface area contributed by atoms with E-state index in [1.165, 1.54) is 0 Å². The molecule has 22 heavy (non-hydrogen) atoms. The minimum atomic E-state index is -5.98. The molecule has 3 atom stereocenters. The number of rotatable bonds is 0. The third-order valence-electron chi connectivity index (χ3n) is 5.20. The topological polar surface area (TPSA) is 0 Å². The molecule has 0 spiro atoms. The van der Waals surface area contributed by atoms with Crippen molar-refractivity contribution in [3.63, 3.8) is 0 Å². The summed E-state index contributed by atoms with van der Waals surface area (Å²) in [5.41, 5.74) is -4.68. The predicted octanol–water partition coefficient (Wildman–Crippen LogP) is 5.88. The third kappa shape index (κ3) is 2.48. The van der Waals surface area contributed by atoms with Crippen molar-refractivity contribution in [2.45, 2.75) is 57.1 Å². The lowest BCUT2D eigenvalue weighted by Crippen LogP contribution is -2.66. The van der Waals surface area contributed by atoms with Crippen LogP contribution in [0.25, 0.3) is 0 Å². The van der Waals surface area contributed by atoms with Crippen LogP contribution in [-0.2, 0) is 0 Å². The van der Waals surface area contributed by atoms with E-state index in [1.54, 1.807) is 0 Å². The van der Waals surface area contributed by atoms with Crippen molar-refractivity contribution in [3.8, 4) is 0 Å². The molecule has 0 aromatic heterocycles. The molecule has 0 radical (unpaired) electrons. The molecule has 130 valence electrons. The van der Waals surface area contributed by atoms with Crippen LogP contribution in [0, 0.1) is 23.2 Å². The van der Waals surface area contributed by atoms with E-state index >= 15 is 0 Å². The molecule has 0 aromatic carbocycles. The maximum atomic E-state index is 13.4. The van der Waals surface area contributed by atoms with Gasteiger partial charge in [0.15, 0.2) is 5.41 Å². The summed E-state index contributed by atoms with van der Waals surface area (Å²) in [6.45, 7) is 0. The zero-order valence-corrected chi connectivity index (χ0v) is 11.4. The quantitative estimate of drug-likeness (QED) is 0.483.